The molecule has 1 aromatic rings. The molecule has 0 saturated carbocycles. The summed E-state index contributed by atoms with van der Waals surface area (Å²) in [6, 6.07) is 8.89. The first-order valence-corrected chi connectivity index (χ1v) is 13.5. The van der Waals surface area contributed by atoms with Gasteiger partial charge in [0, 0.05) is 18.0 Å². The van der Waals surface area contributed by atoms with Crippen LogP contribution in [0.15, 0.2) is 30.3 Å². The van der Waals surface area contributed by atoms with Crippen molar-refractivity contribution in [1.29, 1.82) is 0 Å². The quantitative estimate of drug-likeness (QED) is 0.629. The van der Waals surface area contributed by atoms with Crippen LogP contribution in [0.2, 0.25) is 0 Å². The smallest absolute Gasteiger partial charge is 0.245 e. The van der Waals surface area contributed by atoms with Gasteiger partial charge < -0.3 is 10.2 Å². The van der Waals surface area contributed by atoms with Gasteiger partial charge in [0.2, 0.25) is 11.8 Å². The number of nitrogens with zero attached hydrogens (tertiary/aromatic N) is 1. The molecule has 2 aliphatic heterocycles. The van der Waals surface area contributed by atoms with Gasteiger partial charge in [-0.1, -0.05) is 44.2 Å². The van der Waals surface area contributed by atoms with Crippen LogP contribution in [0.1, 0.15) is 64.4 Å². The van der Waals surface area contributed by atoms with E-state index >= 15 is 0 Å². The average molecular weight is 449 g/mol. The highest BCUT2D eigenvalue weighted by Crippen LogP contribution is 2.32. The van der Waals surface area contributed by atoms with Crippen molar-refractivity contribution in [3.05, 3.63) is 35.9 Å². The molecule has 6 nitrogen and oxygen atoms in total. The van der Waals surface area contributed by atoms with Crippen LogP contribution in [-0.2, 0) is 25.8 Å². The standard InChI is InChI=1S/C24H36N2O4S/c1-3-19(4-2)23(27)25-22-12-8-11-20-13-14-21(26(20)24(22)28)17-31(29,30)16-15-18-9-6-5-7-10-18/h5-7,9-10,19-22H,3-4,8,11-17H2,1-2H3,(H,25,27)/t20-,21-,22-/m0/s1. The predicted octanol–water partition coefficient (Wildman–Crippen LogP) is 3.11. The lowest BCUT2D eigenvalue weighted by molar-refractivity contribution is -0.138. The number of benzene rings is 1. The number of amides is 2. The molecule has 1 aromatic carbocycles. The van der Waals surface area contributed by atoms with Gasteiger partial charge in [-0.05, 0) is 56.9 Å². The van der Waals surface area contributed by atoms with Crippen LogP contribution < -0.4 is 5.32 Å². The second kappa shape index (κ2) is 10.6. The first kappa shape index (κ1) is 23.8. The van der Waals surface area contributed by atoms with Crippen LogP contribution in [0.4, 0.5) is 0 Å². The summed E-state index contributed by atoms with van der Waals surface area (Å²) in [5.41, 5.74) is 1.01. The van der Waals surface area contributed by atoms with Crippen molar-refractivity contribution in [3.63, 3.8) is 0 Å². The van der Waals surface area contributed by atoms with Crippen LogP contribution in [0.3, 0.4) is 0 Å². The van der Waals surface area contributed by atoms with E-state index in [1.165, 1.54) is 0 Å². The Balaban J connectivity index is 1.66. The number of rotatable bonds is 9. The molecule has 2 heterocycles. The van der Waals surface area contributed by atoms with Crippen molar-refractivity contribution in [2.45, 2.75) is 83.3 Å². The van der Waals surface area contributed by atoms with E-state index in [-0.39, 0.29) is 41.3 Å². The van der Waals surface area contributed by atoms with E-state index in [1.54, 1.807) is 0 Å². The molecular formula is C24H36N2O4S. The second-order valence-corrected chi connectivity index (χ2v) is 11.2. The number of carbonyl (C=O) groups is 2. The lowest BCUT2D eigenvalue weighted by Gasteiger charge is -2.31. The Morgan fingerprint density at radius 3 is 2.48 bits per heavy atom. The molecule has 7 heteroatoms. The van der Waals surface area contributed by atoms with E-state index in [0.717, 1.165) is 37.7 Å². The zero-order chi connectivity index (χ0) is 22.4. The Bertz CT molecular complexity index is 852. The molecule has 2 fully saturated rings. The highest BCUT2D eigenvalue weighted by Gasteiger charge is 2.43. The Morgan fingerprint density at radius 2 is 1.81 bits per heavy atom. The summed E-state index contributed by atoms with van der Waals surface area (Å²) in [4.78, 5) is 27.7. The molecule has 0 aromatic heterocycles. The second-order valence-electron chi connectivity index (χ2n) is 8.99. The van der Waals surface area contributed by atoms with Crippen molar-refractivity contribution in [2.24, 2.45) is 5.92 Å². The van der Waals surface area contributed by atoms with Crippen LogP contribution in [-0.4, -0.2) is 54.8 Å². The van der Waals surface area contributed by atoms with Crippen molar-refractivity contribution in [2.75, 3.05) is 11.5 Å². The van der Waals surface area contributed by atoms with Crippen LogP contribution in [0.25, 0.3) is 0 Å². The molecule has 3 rings (SSSR count). The summed E-state index contributed by atoms with van der Waals surface area (Å²) in [5.74, 6) is -0.139. The number of carbonyl (C=O) groups excluding carboxylic acids is 2. The van der Waals surface area contributed by atoms with E-state index < -0.39 is 15.9 Å². The summed E-state index contributed by atoms with van der Waals surface area (Å²) >= 11 is 0. The zero-order valence-corrected chi connectivity index (χ0v) is 19.6. The van der Waals surface area contributed by atoms with E-state index in [4.69, 9.17) is 0 Å². The van der Waals surface area contributed by atoms with Gasteiger partial charge in [0.25, 0.3) is 0 Å². The maximum atomic E-state index is 13.4. The summed E-state index contributed by atoms with van der Waals surface area (Å²) in [5, 5.41) is 2.97. The zero-order valence-electron chi connectivity index (χ0n) is 18.8. The third-order valence-corrected chi connectivity index (χ3v) is 8.59. The fourth-order valence-electron chi connectivity index (χ4n) is 5.01. The molecule has 1 N–H and O–H groups in total. The fraction of sp³-hybridized carbons (Fsp3) is 0.667. The molecule has 0 spiro atoms. The third kappa shape index (κ3) is 6.09. The molecule has 0 aliphatic carbocycles. The molecule has 3 atom stereocenters. The SMILES string of the molecule is CCC(CC)C(=O)N[C@H]1CCC[C@H]2CC[C@@H](CS(=O)(=O)CCc3ccccc3)N2C1=O. The lowest BCUT2D eigenvalue weighted by atomic mass is 10.0. The molecule has 0 unspecified atom stereocenters. The average Bonchev–Trinajstić information content (AvgIpc) is 3.06. The van der Waals surface area contributed by atoms with Gasteiger partial charge in [-0.3, -0.25) is 9.59 Å². The van der Waals surface area contributed by atoms with Crippen LogP contribution in [0, 0.1) is 5.92 Å². The van der Waals surface area contributed by atoms with E-state index in [2.05, 4.69) is 5.32 Å². The van der Waals surface area contributed by atoms with Crippen molar-refractivity contribution in [3.8, 4) is 0 Å². The number of hydrogen-bond donors (Lipinski definition) is 1. The summed E-state index contributed by atoms with van der Waals surface area (Å²) in [6.07, 6.45) is 5.92. The van der Waals surface area contributed by atoms with E-state index in [0.29, 0.717) is 19.3 Å². The molecule has 0 radical (unpaired) electrons. The normalized spacial score (nSPS) is 24.2. The number of sulfone groups is 1. The number of fused-ring (bicyclic) bond motifs is 1. The van der Waals surface area contributed by atoms with Crippen LogP contribution in [0.5, 0.6) is 0 Å². The van der Waals surface area contributed by atoms with E-state index in [9.17, 15) is 18.0 Å². The fourth-order valence-corrected chi connectivity index (χ4v) is 6.63. The van der Waals surface area contributed by atoms with Gasteiger partial charge in [0.15, 0.2) is 9.84 Å². The summed E-state index contributed by atoms with van der Waals surface area (Å²) in [7, 11) is -3.29. The largest absolute Gasteiger partial charge is 0.344 e. The minimum atomic E-state index is -3.29. The van der Waals surface area contributed by atoms with Crippen molar-refractivity contribution in [1.82, 2.24) is 10.2 Å². The first-order chi connectivity index (χ1) is 14.8. The Labute approximate surface area is 186 Å². The van der Waals surface area contributed by atoms with Gasteiger partial charge >= 0.3 is 0 Å². The monoisotopic (exact) mass is 448 g/mol. The molecule has 2 aliphatic rings. The van der Waals surface area contributed by atoms with Gasteiger partial charge in [0.1, 0.15) is 6.04 Å². The topological polar surface area (TPSA) is 83.6 Å². The van der Waals surface area contributed by atoms with Gasteiger partial charge in [-0.2, -0.15) is 0 Å². The maximum absolute atomic E-state index is 13.4. The molecule has 31 heavy (non-hydrogen) atoms. The number of nitrogens with one attached hydrogen (secondary N) is 1. The molecule has 2 amide bonds. The van der Waals surface area contributed by atoms with Gasteiger partial charge in [0.05, 0.1) is 11.5 Å². The molecular weight excluding hydrogens is 412 g/mol. The van der Waals surface area contributed by atoms with Gasteiger partial charge in [-0.25, -0.2) is 8.42 Å². The maximum Gasteiger partial charge on any atom is 0.245 e. The number of hydrogen-bond acceptors (Lipinski definition) is 4. The lowest BCUT2D eigenvalue weighted by Crippen LogP contribution is -2.53. The predicted molar refractivity (Wildman–Crippen MR) is 122 cm³/mol. The van der Waals surface area contributed by atoms with Gasteiger partial charge in [-0.15, -0.1) is 0 Å². The highest BCUT2D eigenvalue weighted by molar-refractivity contribution is 7.91. The number of aryl methyl sites for hydroxylation is 1. The third-order valence-electron chi connectivity index (χ3n) is 6.87. The molecule has 172 valence electrons. The summed E-state index contributed by atoms with van der Waals surface area (Å²) in [6.45, 7) is 3.96. The van der Waals surface area contributed by atoms with E-state index in [1.807, 2.05) is 49.1 Å². The summed E-state index contributed by atoms with van der Waals surface area (Å²) < 4.78 is 25.7. The van der Waals surface area contributed by atoms with Crippen molar-refractivity contribution >= 4 is 21.7 Å². The van der Waals surface area contributed by atoms with Crippen LogP contribution >= 0.6 is 0 Å². The minimum absolute atomic E-state index is 0.00921. The highest BCUT2D eigenvalue weighted by atomic mass is 32.2. The molecule has 2 saturated heterocycles. The van der Waals surface area contributed by atoms with Crippen molar-refractivity contribution < 1.29 is 18.0 Å². The Hall–Kier alpha value is -1.89. The first-order valence-electron chi connectivity index (χ1n) is 11.7. The molecule has 0 bridgehead atoms. The minimum Gasteiger partial charge on any atom is -0.344 e. The Kier molecular flexibility index (Phi) is 8.14. The Morgan fingerprint density at radius 1 is 1.10 bits per heavy atom.